The van der Waals surface area contributed by atoms with Crippen molar-refractivity contribution in [3.63, 3.8) is 0 Å². The highest BCUT2D eigenvalue weighted by atomic mass is 16.6. The fourth-order valence-corrected chi connectivity index (χ4v) is 3.03. The van der Waals surface area contributed by atoms with Crippen LogP contribution in [0, 0.1) is 11.3 Å². The van der Waals surface area contributed by atoms with Gasteiger partial charge in [-0.15, -0.1) is 0 Å². The minimum Gasteiger partial charge on any atom is -0.481 e. The van der Waals surface area contributed by atoms with Gasteiger partial charge in [0.05, 0.1) is 12.0 Å². The molecule has 1 aromatic rings. The van der Waals surface area contributed by atoms with Crippen LogP contribution in [0.2, 0.25) is 0 Å². The highest BCUT2D eigenvalue weighted by Crippen LogP contribution is 2.47. The second kappa shape index (κ2) is 7.57. The summed E-state index contributed by atoms with van der Waals surface area (Å²) in [5, 5.41) is 9.45. The number of unbranched alkanes of at least 4 members (excludes halogenated alkanes) is 1. The molecule has 0 unspecified atom stereocenters. The number of nitrogens with one attached hydrogen (secondary N) is 1. The van der Waals surface area contributed by atoms with E-state index in [0.29, 0.717) is 19.1 Å². The van der Waals surface area contributed by atoms with Crippen LogP contribution in [-0.2, 0) is 16.2 Å². The first-order chi connectivity index (χ1) is 10.2. The molecule has 0 saturated heterocycles. The summed E-state index contributed by atoms with van der Waals surface area (Å²) in [5.41, 5.74) is 3.30. The molecule has 0 radical (unpaired) electrons. The number of carboxylic acids is 1. The number of hydroxylamine groups is 1. The van der Waals surface area contributed by atoms with E-state index in [1.807, 2.05) is 30.3 Å². The molecule has 0 aliphatic heterocycles. The molecule has 4 heteroatoms. The Morgan fingerprint density at radius 2 is 2.10 bits per heavy atom. The monoisotopic (exact) mass is 291 g/mol. The van der Waals surface area contributed by atoms with Crippen molar-refractivity contribution >= 4 is 5.97 Å². The third-order valence-corrected chi connectivity index (χ3v) is 4.37. The largest absolute Gasteiger partial charge is 0.481 e. The van der Waals surface area contributed by atoms with Crippen LogP contribution in [0.3, 0.4) is 0 Å². The zero-order valence-electron chi connectivity index (χ0n) is 12.7. The van der Waals surface area contributed by atoms with Crippen LogP contribution < -0.4 is 5.48 Å². The summed E-state index contributed by atoms with van der Waals surface area (Å²) in [5.74, 6) is -0.136. The predicted molar refractivity (Wildman–Crippen MR) is 81.6 cm³/mol. The first kappa shape index (κ1) is 16.0. The molecule has 0 atom stereocenters. The molecule has 116 valence electrons. The molecule has 2 rings (SSSR count). The maximum Gasteiger partial charge on any atom is 0.311 e. The molecule has 1 saturated carbocycles. The quantitative estimate of drug-likeness (QED) is 0.541. The van der Waals surface area contributed by atoms with Crippen LogP contribution in [0.15, 0.2) is 30.3 Å². The van der Waals surface area contributed by atoms with Crippen LogP contribution in [0.25, 0.3) is 0 Å². The molecule has 1 aromatic carbocycles. The first-order valence-electron chi connectivity index (χ1n) is 7.78. The van der Waals surface area contributed by atoms with Gasteiger partial charge >= 0.3 is 5.97 Å². The second-order valence-corrected chi connectivity index (χ2v) is 6.10. The average Bonchev–Trinajstić information content (AvgIpc) is 2.45. The summed E-state index contributed by atoms with van der Waals surface area (Å²) in [4.78, 5) is 16.9. The van der Waals surface area contributed by atoms with Gasteiger partial charge in [0.2, 0.25) is 0 Å². The minimum absolute atomic E-state index is 0.387. The van der Waals surface area contributed by atoms with E-state index in [0.717, 1.165) is 24.8 Å². The summed E-state index contributed by atoms with van der Waals surface area (Å²) >= 11 is 0. The van der Waals surface area contributed by atoms with Crippen molar-refractivity contribution in [2.75, 3.05) is 6.54 Å². The fourth-order valence-electron chi connectivity index (χ4n) is 3.03. The molecular formula is C17H25NO3. The lowest BCUT2D eigenvalue weighted by Crippen LogP contribution is -2.50. The van der Waals surface area contributed by atoms with Gasteiger partial charge in [-0.3, -0.25) is 9.63 Å². The van der Waals surface area contributed by atoms with E-state index in [4.69, 9.17) is 4.84 Å². The van der Waals surface area contributed by atoms with E-state index in [2.05, 4.69) is 12.4 Å². The molecule has 2 N–H and O–H groups in total. The van der Waals surface area contributed by atoms with Crippen molar-refractivity contribution in [1.29, 1.82) is 0 Å². The standard InChI is InChI=1S/C17H25NO3/c1-2-3-7-15-10-17(11-15,16(19)20)13-18-21-12-14-8-5-4-6-9-14/h4-6,8-9,15,18H,2-3,7,10-13H2,1H3,(H,19,20). The van der Waals surface area contributed by atoms with E-state index in [1.165, 1.54) is 12.8 Å². The number of carbonyl (C=O) groups is 1. The van der Waals surface area contributed by atoms with Crippen LogP contribution >= 0.6 is 0 Å². The number of carboxylic acid groups (broad SMARTS) is 1. The molecular weight excluding hydrogens is 266 g/mol. The molecule has 0 heterocycles. The highest BCUT2D eigenvalue weighted by molar-refractivity contribution is 5.76. The zero-order valence-corrected chi connectivity index (χ0v) is 12.7. The smallest absolute Gasteiger partial charge is 0.311 e. The van der Waals surface area contributed by atoms with Gasteiger partial charge < -0.3 is 5.11 Å². The molecule has 4 nitrogen and oxygen atoms in total. The molecule has 1 fully saturated rings. The Morgan fingerprint density at radius 3 is 2.71 bits per heavy atom. The van der Waals surface area contributed by atoms with Gasteiger partial charge in [0, 0.05) is 6.54 Å². The van der Waals surface area contributed by atoms with Crippen molar-refractivity contribution in [3.05, 3.63) is 35.9 Å². The lowest BCUT2D eigenvalue weighted by molar-refractivity contribution is -0.161. The first-order valence-corrected chi connectivity index (χ1v) is 7.78. The van der Waals surface area contributed by atoms with Crippen LogP contribution in [0.4, 0.5) is 0 Å². The Balaban J connectivity index is 1.71. The Kier molecular flexibility index (Phi) is 5.76. The van der Waals surface area contributed by atoms with Crippen LogP contribution in [-0.4, -0.2) is 17.6 Å². The molecule has 0 amide bonds. The van der Waals surface area contributed by atoms with Crippen molar-refractivity contribution < 1.29 is 14.7 Å². The van der Waals surface area contributed by atoms with Gasteiger partial charge in [0.1, 0.15) is 0 Å². The maximum atomic E-state index is 11.5. The molecule has 0 aromatic heterocycles. The summed E-state index contributed by atoms with van der Waals surface area (Å²) in [7, 11) is 0. The second-order valence-electron chi connectivity index (χ2n) is 6.10. The number of hydrogen-bond donors (Lipinski definition) is 2. The number of hydrogen-bond acceptors (Lipinski definition) is 3. The van der Waals surface area contributed by atoms with Gasteiger partial charge in [0.25, 0.3) is 0 Å². The predicted octanol–water partition coefficient (Wildman–Crippen LogP) is 3.38. The Labute approximate surface area is 126 Å². The number of benzene rings is 1. The molecule has 21 heavy (non-hydrogen) atoms. The van der Waals surface area contributed by atoms with Crippen LogP contribution in [0.1, 0.15) is 44.6 Å². The van der Waals surface area contributed by atoms with Crippen molar-refractivity contribution in [2.24, 2.45) is 11.3 Å². The van der Waals surface area contributed by atoms with Gasteiger partial charge in [-0.1, -0.05) is 56.5 Å². The Morgan fingerprint density at radius 1 is 1.38 bits per heavy atom. The third-order valence-electron chi connectivity index (χ3n) is 4.37. The minimum atomic E-state index is -0.703. The summed E-state index contributed by atoms with van der Waals surface area (Å²) < 4.78 is 0. The topological polar surface area (TPSA) is 58.6 Å². The fraction of sp³-hybridized carbons (Fsp3) is 0.588. The van der Waals surface area contributed by atoms with Gasteiger partial charge in [-0.25, -0.2) is 5.48 Å². The lowest BCUT2D eigenvalue weighted by atomic mass is 9.60. The molecule has 0 spiro atoms. The molecule has 0 bridgehead atoms. The summed E-state index contributed by atoms with van der Waals surface area (Å²) in [6.45, 7) is 3.01. The van der Waals surface area contributed by atoms with Crippen molar-refractivity contribution in [1.82, 2.24) is 5.48 Å². The normalized spacial score (nSPS) is 24.5. The number of rotatable bonds is 9. The van der Waals surface area contributed by atoms with Crippen molar-refractivity contribution in [2.45, 2.75) is 45.6 Å². The van der Waals surface area contributed by atoms with Gasteiger partial charge in [0.15, 0.2) is 0 Å². The zero-order chi connectivity index (χ0) is 15.1. The van der Waals surface area contributed by atoms with E-state index in [-0.39, 0.29) is 0 Å². The van der Waals surface area contributed by atoms with E-state index >= 15 is 0 Å². The van der Waals surface area contributed by atoms with Crippen LogP contribution in [0.5, 0.6) is 0 Å². The Bertz CT molecular complexity index is 441. The van der Waals surface area contributed by atoms with E-state index in [1.54, 1.807) is 0 Å². The van der Waals surface area contributed by atoms with E-state index in [9.17, 15) is 9.90 Å². The number of aliphatic carboxylic acids is 1. The van der Waals surface area contributed by atoms with Crippen molar-refractivity contribution in [3.8, 4) is 0 Å². The third kappa shape index (κ3) is 4.29. The molecule has 1 aliphatic carbocycles. The van der Waals surface area contributed by atoms with Gasteiger partial charge in [-0.2, -0.15) is 0 Å². The highest BCUT2D eigenvalue weighted by Gasteiger charge is 2.49. The lowest BCUT2D eigenvalue weighted by Gasteiger charge is -2.44. The average molecular weight is 291 g/mol. The summed E-state index contributed by atoms with van der Waals surface area (Å²) in [6, 6.07) is 9.85. The summed E-state index contributed by atoms with van der Waals surface area (Å²) in [6.07, 6.45) is 5.05. The Hall–Kier alpha value is -1.39. The van der Waals surface area contributed by atoms with Gasteiger partial charge in [-0.05, 0) is 24.3 Å². The van der Waals surface area contributed by atoms with E-state index < -0.39 is 11.4 Å². The SMILES string of the molecule is CCCCC1CC(CNOCc2ccccc2)(C(=O)O)C1. The molecule has 1 aliphatic rings. The maximum absolute atomic E-state index is 11.5.